The van der Waals surface area contributed by atoms with Gasteiger partial charge in [-0.3, -0.25) is 0 Å². The first kappa shape index (κ1) is 13.6. The standard InChI is InChI=1S/C15H20N2O2/c1-3-14(18)13-7-5-6-8-15(13)19-10-12-9-16-11-17(12)4-2/h5-9,11,14,18H,3-4,10H2,1-2H3. The molecule has 0 aliphatic heterocycles. The molecule has 2 rings (SSSR count). The van der Waals surface area contributed by atoms with E-state index in [0.717, 1.165) is 23.6 Å². The molecule has 2 aromatic rings. The van der Waals surface area contributed by atoms with Crippen molar-refractivity contribution in [1.82, 2.24) is 9.55 Å². The number of para-hydroxylation sites is 1. The maximum Gasteiger partial charge on any atom is 0.130 e. The van der Waals surface area contributed by atoms with Crippen molar-refractivity contribution in [1.29, 1.82) is 0 Å². The van der Waals surface area contributed by atoms with Gasteiger partial charge in [-0.25, -0.2) is 4.98 Å². The molecule has 0 radical (unpaired) electrons. The number of aliphatic hydroxyl groups is 1. The van der Waals surface area contributed by atoms with E-state index in [-0.39, 0.29) is 0 Å². The zero-order chi connectivity index (χ0) is 13.7. The summed E-state index contributed by atoms with van der Waals surface area (Å²) in [5.41, 5.74) is 1.87. The van der Waals surface area contributed by atoms with Gasteiger partial charge in [-0.15, -0.1) is 0 Å². The Bertz CT molecular complexity index is 522. The van der Waals surface area contributed by atoms with Gasteiger partial charge >= 0.3 is 0 Å². The predicted octanol–water partition coefficient (Wildman–Crippen LogP) is 2.93. The highest BCUT2D eigenvalue weighted by Crippen LogP contribution is 2.27. The average Bonchev–Trinajstić information content (AvgIpc) is 2.92. The van der Waals surface area contributed by atoms with Gasteiger partial charge in [-0.1, -0.05) is 25.1 Å². The second-order valence-electron chi connectivity index (χ2n) is 4.42. The molecule has 1 aromatic carbocycles. The van der Waals surface area contributed by atoms with E-state index in [2.05, 4.69) is 11.9 Å². The molecule has 0 saturated carbocycles. The summed E-state index contributed by atoms with van der Waals surface area (Å²) in [6.45, 7) is 5.35. The summed E-state index contributed by atoms with van der Waals surface area (Å²) < 4.78 is 7.87. The minimum Gasteiger partial charge on any atom is -0.487 e. The van der Waals surface area contributed by atoms with E-state index >= 15 is 0 Å². The molecule has 1 atom stereocenters. The number of rotatable bonds is 6. The van der Waals surface area contributed by atoms with E-state index < -0.39 is 6.10 Å². The van der Waals surface area contributed by atoms with Crippen LogP contribution in [-0.2, 0) is 13.2 Å². The van der Waals surface area contributed by atoms with Crippen molar-refractivity contribution in [2.24, 2.45) is 0 Å². The molecule has 1 aromatic heterocycles. The molecule has 1 unspecified atom stereocenters. The van der Waals surface area contributed by atoms with Gasteiger partial charge in [0.15, 0.2) is 0 Å². The summed E-state index contributed by atoms with van der Waals surface area (Å²) in [5, 5.41) is 9.97. The molecule has 1 heterocycles. The normalized spacial score (nSPS) is 12.4. The van der Waals surface area contributed by atoms with Gasteiger partial charge in [0.05, 0.1) is 24.3 Å². The number of benzene rings is 1. The van der Waals surface area contributed by atoms with Crippen LogP contribution in [0.15, 0.2) is 36.8 Å². The predicted molar refractivity (Wildman–Crippen MR) is 73.9 cm³/mol. The van der Waals surface area contributed by atoms with Gasteiger partial charge in [0.2, 0.25) is 0 Å². The molecular weight excluding hydrogens is 240 g/mol. The fourth-order valence-corrected chi connectivity index (χ4v) is 2.01. The van der Waals surface area contributed by atoms with Gasteiger partial charge < -0.3 is 14.4 Å². The first-order chi connectivity index (χ1) is 9.26. The zero-order valence-corrected chi connectivity index (χ0v) is 11.4. The molecule has 4 nitrogen and oxygen atoms in total. The summed E-state index contributed by atoms with van der Waals surface area (Å²) in [5.74, 6) is 0.737. The maximum absolute atomic E-state index is 9.97. The molecule has 0 amide bonds. The molecule has 0 spiro atoms. The minimum atomic E-state index is -0.479. The third kappa shape index (κ3) is 3.15. The van der Waals surface area contributed by atoms with Gasteiger partial charge in [0.25, 0.3) is 0 Å². The average molecular weight is 260 g/mol. The fourth-order valence-electron chi connectivity index (χ4n) is 2.01. The summed E-state index contributed by atoms with van der Waals surface area (Å²) in [7, 11) is 0. The number of aromatic nitrogens is 2. The number of aliphatic hydroxyl groups excluding tert-OH is 1. The molecule has 0 aliphatic carbocycles. The van der Waals surface area contributed by atoms with Gasteiger partial charge in [0, 0.05) is 12.1 Å². The Hall–Kier alpha value is -1.81. The monoisotopic (exact) mass is 260 g/mol. The lowest BCUT2D eigenvalue weighted by atomic mass is 10.1. The summed E-state index contributed by atoms with van der Waals surface area (Å²) >= 11 is 0. The highest BCUT2D eigenvalue weighted by Gasteiger charge is 2.11. The Balaban J connectivity index is 2.11. The van der Waals surface area contributed by atoms with Gasteiger partial charge in [-0.2, -0.15) is 0 Å². The lowest BCUT2D eigenvalue weighted by Crippen LogP contribution is -2.06. The maximum atomic E-state index is 9.97. The number of nitrogens with zero attached hydrogens (tertiary/aromatic N) is 2. The number of imidazole rings is 1. The van der Waals surface area contributed by atoms with Crippen molar-refractivity contribution in [3.05, 3.63) is 48.0 Å². The number of hydrogen-bond donors (Lipinski definition) is 1. The van der Waals surface area contributed by atoms with E-state index in [1.54, 1.807) is 6.33 Å². The lowest BCUT2D eigenvalue weighted by molar-refractivity contribution is 0.166. The van der Waals surface area contributed by atoms with Gasteiger partial charge in [-0.05, 0) is 19.4 Å². The largest absolute Gasteiger partial charge is 0.487 e. The fraction of sp³-hybridized carbons (Fsp3) is 0.400. The van der Waals surface area contributed by atoms with Crippen LogP contribution in [0.1, 0.15) is 37.6 Å². The second-order valence-corrected chi connectivity index (χ2v) is 4.42. The Morgan fingerprint density at radius 1 is 1.32 bits per heavy atom. The van der Waals surface area contributed by atoms with Crippen LogP contribution in [0.4, 0.5) is 0 Å². The van der Waals surface area contributed by atoms with Crippen LogP contribution >= 0.6 is 0 Å². The number of hydrogen-bond acceptors (Lipinski definition) is 3. The Morgan fingerprint density at radius 2 is 2.11 bits per heavy atom. The topological polar surface area (TPSA) is 47.3 Å². The van der Waals surface area contributed by atoms with E-state index in [4.69, 9.17) is 4.74 Å². The number of ether oxygens (including phenoxy) is 1. The van der Waals surface area contributed by atoms with E-state index in [0.29, 0.717) is 13.0 Å². The first-order valence-corrected chi connectivity index (χ1v) is 6.65. The van der Waals surface area contributed by atoms with Crippen LogP contribution in [-0.4, -0.2) is 14.7 Å². The summed E-state index contributed by atoms with van der Waals surface area (Å²) in [6.07, 6.45) is 3.80. The summed E-state index contributed by atoms with van der Waals surface area (Å²) in [4.78, 5) is 4.11. The molecule has 0 saturated heterocycles. The van der Waals surface area contributed by atoms with Crippen molar-refractivity contribution < 1.29 is 9.84 Å². The van der Waals surface area contributed by atoms with Crippen LogP contribution in [0.25, 0.3) is 0 Å². The Kier molecular flexibility index (Phi) is 4.58. The quantitative estimate of drug-likeness (QED) is 0.868. The highest BCUT2D eigenvalue weighted by molar-refractivity contribution is 5.35. The minimum absolute atomic E-state index is 0.460. The van der Waals surface area contributed by atoms with Crippen LogP contribution in [0.5, 0.6) is 5.75 Å². The van der Waals surface area contributed by atoms with Crippen molar-refractivity contribution in [3.63, 3.8) is 0 Å². The van der Waals surface area contributed by atoms with Crippen molar-refractivity contribution in [2.45, 2.75) is 39.5 Å². The Morgan fingerprint density at radius 3 is 2.84 bits per heavy atom. The SMILES string of the molecule is CCC(O)c1ccccc1OCc1cncn1CC. The molecule has 19 heavy (non-hydrogen) atoms. The molecule has 102 valence electrons. The van der Waals surface area contributed by atoms with Gasteiger partial charge in [0.1, 0.15) is 12.4 Å². The second kappa shape index (κ2) is 6.38. The Labute approximate surface area is 113 Å². The molecule has 4 heteroatoms. The van der Waals surface area contributed by atoms with E-state index in [1.165, 1.54) is 0 Å². The van der Waals surface area contributed by atoms with E-state index in [9.17, 15) is 5.11 Å². The van der Waals surface area contributed by atoms with Crippen molar-refractivity contribution in [2.75, 3.05) is 0 Å². The van der Waals surface area contributed by atoms with Crippen LogP contribution < -0.4 is 4.74 Å². The molecule has 0 bridgehead atoms. The zero-order valence-electron chi connectivity index (χ0n) is 11.4. The third-order valence-corrected chi connectivity index (χ3v) is 3.18. The first-order valence-electron chi connectivity index (χ1n) is 6.65. The van der Waals surface area contributed by atoms with Crippen LogP contribution in [0, 0.1) is 0 Å². The van der Waals surface area contributed by atoms with Crippen molar-refractivity contribution in [3.8, 4) is 5.75 Å². The van der Waals surface area contributed by atoms with Crippen molar-refractivity contribution >= 4 is 0 Å². The third-order valence-electron chi connectivity index (χ3n) is 3.18. The smallest absolute Gasteiger partial charge is 0.130 e. The van der Waals surface area contributed by atoms with Crippen LogP contribution in [0.3, 0.4) is 0 Å². The lowest BCUT2D eigenvalue weighted by Gasteiger charge is -2.15. The molecule has 0 fully saturated rings. The highest BCUT2D eigenvalue weighted by atomic mass is 16.5. The summed E-state index contributed by atoms with van der Waals surface area (Å²) in [6, 6.07) is 7.62. The molecule has 0 aliphatic rings. The van der Waals surface area contributed by atoms with Crippen LogP contribution in [0.2, 0.25) is 0 Å². The molecular formula is C15H20N2O2. The van der Waals surface area contributed by atoms with E-state index in [1.807, 2.05) is 42.0 Å². The number of aryl methyl sites for hydroxylation is 1. The molecule has 1 N–H and O–H groups in total.